The Bertz CT molecular complexity index is 870. The second-order valence-electron chi connectivity index (χ2n) is 5.08. The quantitative estimate of drug-likeness (QED) is 0.516. The first-order valence-corrected chi connectivity index (χ1v) is 8.07. The molecule has 2 aromatic heterocycles. The summed E-state index contributed by atoms with van der Waals surface area (Å²) in [6.07, 6.45) is -0.689. The number of benzene rings is 1. The Morgan fingerprint density at radius 1 is 1.08 bits per heavy atom. The standard InChI is InChI=1S/C17H14N2O4S/c1-10(20)13-8-9-14(24-13)17(21)22-11(2)15-18-19-16(23-15)12-6-4-3-5-7-12/h3-9,11H,1-2H3. The summed E-state index contributed by atoms with van der Waals surface area (Å²) in [5.74, 6) is -0.0370. The van der Waals surface area contributed by atoms with Gasteiger partial charge in [-0.15, -0.1) is 21.5 Å². The molecule has 1 atom stereocenters. The average molecular weight is 342 g/mol. The predicted molar refractivity (Wildman–Crippen MR) is 87.9 cm³/mol. The van der Waals surface area contributed by atoms with Gasteiger partial charge in [-0.25, -0.2) is 4.79 Å². The monoisotopic (exact) mass is 342 g/mol. The van der Waals surface area contributed by atoms with Crippen LogP contribution >= 0.6 is 11.3 Å². The predicted octanol–water partition coefficient (Wildman–Crippen LogP) is 3.92. The van der Waals surface area contributed by atoms with Crippen LogP contribution in [0.4, 0.5) is 0 Å². The van der Waals surface area contributed by atoms with Crippen LogP contribution in [0.25, 0.3) is 11.5 Å². The molecule has 2 heterocycles. The van der Waals surface area contributed by atoms with Crippen molar-refractivity contribution in [3.05, 3.63) is 58.1 Å². The van der Waals surface area contributed by atoms with Gasteiger partial charge in [0.1, 0.15) is 4.88 Å². The van der Waals surface area contributed by atoms with Crippen molar-refractivity contribution in [2.45, 2.75) is 20.0 Å². The van der Waals surface area contributed by atoms with Crippen molar-refractivity contribution in [1.82, 2.24) is 10.2 Å². The highest BCUT2D eigenvalue weighted by Crippen LogP contribution is 2.24. The van der Waals surface area contributed by atoms with Crippen molar-refractivity contribution in [2.24, 2.45) is 0 Å². The summed E-state index contributed by atoms with van der Waals surface area (Å²) in [4.78, 5) is 24.3. The van der Waals surface area contributed by atoms with Crippen LogP contribution in [-0.2, 0) is 4.74 Å². The Balaban J connectivity index is 1.70. The Hall–Kier alpha value is -2.80. The molecule has 3 aromatic rings. The van der Waals surface area contributed by atoms with E-state index in [0.717, 1.165) is 16.9 Å². The lowest BCUT2D eigenvalue weighted by molar-refractivity contribution is 0.0285. The van der Waals surface area contributed by atoms with Crippen LogP contribution in [0.5, 0.6) is 0 Å². The number of hydrogen-bond acceptors (Lipinski definition) is 7. The first kappa shape index (κ1) is 16.1. The molecular formula is C17H14N2O4S. The molecule has 0 amide bonds. The number of esters is 1. The van der Waals surface area contributed by atoms with E-state index in [0.29, 0.717) is 15.6 Å². The Morgan fingerprint density at radius 3 is 2.46 bits per heavy atom. The fraction of sp³-hybridized carbons (Fsp3) is 0.176. The van der Waals surface area contributed by atoms with Crippen LogP contribution in [0.15, 0.2) is 46.9 Å². The summed E-state index contributed by atoms with van der Waals surface area (Å²) in [6.45, 7) is 3.10. The van der Waals surface area contributed by atoms with E-state index in [2.05, 4.69) is 10.2 Å². The van der Waals surface area contributed by atoms with Crippen molar-refractivity contribution in [1.29, 1.82) is 0 Å². The molecule has 1 aromatic carbocycles. The number of hydrogen-bond donors (Lipinski definition) is 0. The van der Waals surface area contributed by atoms with Gasteiger partial charge in [0.2, 0.25) is 5.89 Å². The van der Waals surface area contributed by atoms with Crippen LogP contribution in [0.3, 0.4) is 0 Å². The molecule has 0 saturated heterocycles. The van der Waals surface area contributed by atoms with E-state index in [1.54, 1.807) is 19.1 Å². The van der Waals surface area contributed by atoms with Gasteiger partial charge in [0, 0.05) is 5.56 Å². The first-order chi connectivity index (χ1) is 11.5. The number of aromatic nitrogens is 2. The maximum absolute atomic E-state index is 12.1. The van der Waals surface area contributed by atoms with Gasteiger partial charge in [-0.1, -0.05) is 18.2 Å². The number of rotatable bonds is 5. The largest absolute Gasteiger partial charge is 0.448 e. The van der Waals surface area contributed by atoms with E-state index < -0.39 is 12.1 Å². The number of Topliss-reactive ketones (excluding diaryl/α,β-unsaturated/α-hetero) is 1. The van der Waals surface area contributed by atoms with E-state index in [-0.39, 0.29) is 11.7 Å². The highest BCUT2D eigenvalue weighted by atomic mass is 32.1. The molecule has 1 unspecified atom stereocenters. The number of carbonyl (C=O) groups is 2. The highest BCUT2D eigenvalue weighted by Gasteiger charge is 2.21. The van der Waals surface area contributed by atoms with Gasteiger partial charge in [0.25, 0.3) is 5.89 Å². The Labute approximate surface area is 142 Å². The summed E-state index contributed by atoms with van der Waals surface area (Å²) in [5.41, 5.74) is 0.791. The third-order valence-corrected chi connectivity index (χ3v) is 4.41. The summed E-state index contributed by atoms with van der Waals surface area (Å²) in [7, 11) is 0. The van der Waals surface area contributed by atoms with Gasteiger partial charge in [-0.3, -0.25) is 4.79 Å². The number of ketones is 1. The zero-order valence-corrected chi connectivity index (χ0v) is 13.9. The van der Waals surface area contributed by atoms with Gasteiger partial charge in [0.05, 0.1) is 4.88 Å². The Kier molecular flexibility index (Phi) is 4.52. The summed E-state index contributed by atoms with van der Waals surface area (Å²) in [5, 5.41) is 7.89. The Morgan fingerprint density at radius 2 is 1.79 bits per heavy atom. The highest BCUT2D eigenvalue weighted by molar-refractivity contribution is 7.15. The molecule has 3 rings (SSSR count). The van der Waals surface area contributed by atoms with Gasteiger partial charge in [-0.05, 0) is 38.1 Å². The molecule has 7 heteroatoms. The molecule has 0 radical (unpaired) electrons. The number of thiophene rings is 1. The van der Waals surface area contributed by atoms with E-state index in [1.165, 1.54) is 6.92 Å². The van der Waals surface area contributed by atoms with Crippen LogP contribution < -0.4 is 0 Å². The lowest BCUT2D eigenvalue weighted by Gasteiger charge is -2.07. The molecule has 122 valence electrons. The van der Waals surface area contributed by atoms with Gasteiger partial charge >= 0.3 is 5.97 Å². The SMILES string of the molecule is CC(=O)c1ccc(C(=O)OC(C)c2nnc(-c3ccccc3)o2)s1. The van der Waals surface area contributed by atoms with Crippen molar-refractivity contribution in [2.75, 3.05) is 0 Å². The third kappa shape index (κ3) is 3.41. The van der Waals surface area contributed by atoms with E-state index >= 15 is 0 Å². The molecule has 0 bridgehead atoms. The van der Waals surface area contributed by atoms with Crippen LogP contribution in [0.2, 0.25) is 0 Å². The lowest BCUT2D eigenvalue weighted by atomic mass is 10.2. The van der Waals surface area contributed by atoms with Gasteiger partial charge < -0.3 is 9.15 Å². The molecule has 0 aliphatic heterocycles. The third-order valence-electron chi connectivity index (χ3n) is 3.25. The molecule has 0 N–H and O–H groups in total. The first-order valence-electron chi connectivity index (χ1n) is 7.25. The van der Waals surface area contributed by atoms with Crippen molar-refractivity contribution < 1.29 is 18.7 Å². The van der Waals surface area contributed by atoms with Crippen LogP contribution in [-0.4, -0.2) is 21.9 Å². The molecule has 0 aliphatic carbocycles. The lowest BCUT2D eigenvalue weighted by Crippen LogP contribution is -2.08. The second-order valence-corrected chi connectivity index (χ2v) is 6.16. The average Bonchev–Trinajstić information content (AvgIpc) is 3.25. The molecule has 0 aliphatic rings. The minimum Gasteiger partial charge on any atom is -0.448 e. The fourth-order valence-electron chi connectivity index (χ4n) is 2.00. The smallest absolute Gasteiger partial charge is 0.349 e. The van der Waals surface area contributed by atoms with Crippen molar-refractivity contribution in [3.8, 4) is 11.5 Å². The number of nitrogens with zero attached hydrogens (tertiary/aromatic N) is 2. The van der Waals surface area contributed by atoms with E-state index in [9.17, 15) is 9.59 Å². The van der Waals surface area contributed by atoms with Crippen molar-refractivity contribution in [3.63, 3.8) is 0 Å². The second kappa shape index (κ2) is 6.76. The molecule has 0 spiro atoms. The van der Waals surface area contributed by atoms with Crippen molar-refractivity contribution >= 4 is 23.1 Å². The maximum Gasteiger partial charge on any atom is 0.349 e. The van der Waals surface area contributed by atoms with Crippen LogP contribution in [0.1, 0.15) is 45.2 Å². The van der Waals surface area contributed by atoms with E-state index in [1.807, 2.05) is 30.3 Å². The number of carbonyl (C=O) groups excluding carboxylic acids is 2. The molecular weight excluding hydrogens is 328 g/mol. The van der Waals surface area contributed by atoms with Gasteiger partial charge in [0.15, 0.2) is 11.9 Å². The zero-order valence-electron chi connectivity index (χ0n) is 13.1. The zero-order chi connectivity index (χ0) is 17.1. The number of ether oxygens (including phenoxy) is 1. The summed E-state index contributed by atoms with van der Waals surface area (Å²) < 4.78 is 10.9. The molecule has 0 saturated carbocycles. The normalized spacial score (nSPS) is 11.9. The topological polar surface area (TPSA) is 82.3 Å². The van der Waals surface area contributed by atoms with Gasteiger partial charge in [-0.2, -0.15) is 0 Å². The fourth-order valence-corrected chi connectivity index (χ4v) is 2.79. The molecule has 6 nitrogen and oxygen atoms in total. The summed E-state index contributed by atoms with van der Waals surface area (Å²) in [6, 6.07) is 12.5. The molecule has 0 fully saturated rings. The van der Waals surface area contributed by atoms with Crippen LogP contribution in [0, 0.1) is 0 Å². The van der Waals surface area contributed by atoms with E-state index in [4.69, 9.17) is 9.15 Å². The molecule has 24 heavy (non-hydrogen) atoms. The minimum absolute atomic E-state index is 0.0866. The minimum atomic E-state index is -0.689. The summed E-state index contributed by atoms with van der Waals surface area (Å²) >= 11 is 1.10. The maximum atomic E-state index is 12.1.